The number of hydrogen-bond donors (Lipinski definition) is 2. The molecule has 0 aromatic heterocycles. The zero-order valence-electron chi connectivity index (χ0n) is 9.11. The Kier molecular flexibility index (Phi) is 2.68. The molecule has 2 heterocycles. The van der Waals surface area contributed by atoms with Crippen molar-refractivity contribution in [1.82, 2.24) is 0 Å². The first-order valence-electron chi connectivity index (χ1n) is 5.71. The highest BCUT2D eigenvalue weighted by Gasteiger charge is 2.22. The van der Waals surface area contributed by atoms with Crippen molar-refractivity contribution >= 4 is 11.4 Å². The lowest BCUT2D eigenvalue weighted by atomic mass is 10.2. The summed E-state index contributed by atoms with van der Waals surface area (Å²) >= 11 is 0. The van der Waals surface area contributed by atoms with E-state index in [2.05, 4.69) is 28.8 Å². The molecule has 0 amide bonds. The molecule has 2 unspecified atom stereocenters. The van der Waals surface area contributed by atoms with Gasteiger partial charge in [0, 0.05) is 24.5 Å². The van der Waals surface area contributed by atoms with Crippen LogP contribution in [0.2, 0.25) is 0 Å². The predicted octanol–water partition coefficient (Wildman–Crippen LogP) is 1.31. The second-order valence-corrected chi connectivity index (χ2v) is 4.25. The standard InChI is InChI=1S/C12H16N2O2/c1-2-9(13-5-11-7-15-11)4-10(3-1)14-6-12-8-16-12/h1-4,11-14H,5-8H2. The Morgan fingerprint density at radius 1 is 1.00 bits per heavy atom. The van der Waals surface area contributed by atoms with Crippen LogP contribution in [0.4, 0.5) is 11.4 Å². The maximum absolute atomic E-state index is 5.15. The number of benzene rings is 1. The predicted molar refractivity (Wildman–Crippen MR) is 62.9 cm³/mol. The van der Waals surface area contributed by atoms with Gasteiger partial charge in [0.05, 0.1) is 25.4 Å². The topological polar surface area (TPSA) is 49.1 Å². The van der Waals surface area contributed by atoms with Gasteiger partial charge in [-0.2, -0.15) is 0 Å². The molecule has 0 spiro atoms. The molecule has 3 rings (SSSR count). The Hall–Kier alpha value is -1.26. The molecule has 0 saturated carbocycles. The molecule has 2 saturated heterocycles. The highest BCUT2D eigenvalue weighted by molar-refractivity contribution is 5.56. The van der Waals surface area contributed by atoms with E-state index in [0.717, 1.165) is 37.7 Å². The number of anilines is 2. The van der Waals surface area contributed by atoms with Crippen LogP contribution in [0.3, 0.4) is 0 Å². The second-order valence-electron chi connectivity index (χ2n) is 4.25. The number of epoxide rings is 2. The minimum Gasteiger partial charge on any atom is -0.382 e. The Morgan fingerprint density at radius 3 is 1.94 bits per heavy atom. The highest BCUT2D eigenvalue weighted by atomic mass is 16.6. The van der Waals surface area contributed by atoms with Crippen molar-refractivity contribution in [3.8, 4) is 0 Å². The fourth-order valence-electron chi connectivity index (χ4n) is 1.57. The fourth-order valence-corrected chi connectivity index (χ4v) is 1.57. The first-order valence-corrected chi connectivity index (χ1v) is 5.71. The van der Waals surface area contributed by atoms with Gasteiger partial charge in [-0.3, -0.25) is 0 Å². The molecule has 2 N–H and O–H groups in total. The van der Waals surface area contributed by atoms with Gasteiger partial charge >= 0.3 is 0 Å². The van der Waals surface area contributed by atoms with Crippen LogP contribution in [0.15, 0.2) is 24.3 Å². The van der Waals surface area contributed by atoms with E-state index in [1.54, 1.807) is 0 Å². The van der Waals surface area contributed by atoms with E-state index in [4.69, 9.17) is 9.47 Å². The van der Waals surface area contributed by atoms with Gasteiger partial charge in [-0.25, -0.2) is 0 Å². The molecule has 0 aliphatic carbocycles. The monoisotopic (exact) mass is 220 g/mol. The van der Waals surface area contributed by atoms with Crippen molar-refractivity contribution in [3.05, 3.63) is 24.3 Å². The fraction of sp³-hybridized carbons (Fsp3) is 0.500. The van der Waals surface area contributed by atoms with Gasteiger partial charge in [0.25, 0.3) is 0 Å². The zero-order valence-corrected chi connectivity index (χ0v) is 9.11. The van der Waals surface area contributed by atoms with E-state index < -0.39 is 0 Å². The maximum atomic E-state index is 5.15. The van der Waals surface area contributed by atoms with E-state index in [1.807, 2.05) is 6.07 Å². The zero-order chi connectivity index (χ0) is 10.8. The lowest BCUT2D eigenvalue weighted by Crippen LogP contribution is -2.09. The van der Waals surface area contributed by atoms with Crippen molar-refractivity contribution in [2.45, 2.75) is 12.2 Å². The van der Waals surface area contributed by atoms with Gasteiger partial charge in [0.1, 0.15) is 0 Å². The molecule has 4 heteroatoms. The molecule has 86 valence electrons. The third-order valence-corrected chi connectivity index (χ3v) is 2.74. The molecule has 2 fully saturated rings. The molecule has 16 heavy (non-hydrogen) atoms. The van der Waals surface area contributed by atoms with Gasteiger partial charge in [-0.1, -0.05) is 6.07 Å². The lowest BCUT2D eigenvalue weighted by Gasteiger charge is -2.08. The molecule has 2 atom stereocenters. The number of rotatable bonds is 6. The summed E-state index contributed by atoms with van der Waals surface area (Å²) in [4.78, 5) is 0. The highest BCUT2D eigenvalue weighted by Crippen LogP contribution is 2.18. The first kappa shape index (κ1) is 9.93. The van der Waals surface area contributed by atoms with Gasteiger partial charge in [0.2, 0.25) is 0 Å². The summed E-state index contributed by atoms with van der Waals surface area (Å²) < 4.78 is 10.3. The van der Waals surface area contributed by atoms with Crippen molar-refractivity contribution in [2.75, 3.05) is 36.9 Å². The van der Waals surface area contributed by atoms with Crippen LogP contribution in [-0.2, 0) is 9.47 Å². The normalized spacial score (nSPS) is 26.2. The average molecular weight is 220 g/mol. The van der Waals surface area contributed by atoms with E-state index in [0.29, 0.717) is 12.2 Å². The van der Waals surface area contributed by atoms with Crippen LogP contribution >= 0.6 is 0 Å². The summed E-state index contributed by atoms with van der Waals surface area (Å²) in [6.07, 6.45) is 0.827. The Bertz CT molecular complexity index is 331. The third kappa shape index (κ3) is 2.87. The van der Waals surface area contributed by atoms with Crippen LogP contribution in [0.25, 0.3) is 0 Å². The molecule has 0 radical (unpaired) electrons. The third-order valence-electron chi connectivity index (χ3n) is 2.74. The lowest BCUT2D eigenvalue weighted by molar-refractivity contribution is 0.417. The van der Waals surface area contributed by atoms with Crippen LogP contribution in [0.1, 0.15) is 0 Å². The summed E-state index contributed by atoms with van der Waals surface area (Å²) in [7, 11) is 0. The smallest absolute Gasteiger partial charge is 0.0981 e. The quantitative estimate of drug-likeness (QED) is 0.710. The largest absolute Gasteiger partial charge is 0.382 e. The van der Waals surface area contributed by atoms with Crippen molar-refractivity contribution in [1.29, 1.82) is 0 Å². The van der Waals surface area contributed by atoms with Crippen LogP contribution in [-0.4, -0.2) is 38.5 Å². The van der Waals surface area contributed by atoms with Crippen molar-refractivity contribution in [3.63, 3.8) is 0 Å². The minimum absolute atomic E-state index is 0.413. The van der Waals surface area contributed by atoms with E-state index in [-0.39, 0.29) is 0 Å². The van der Waals surface area contributed by atoms with Gasteiger partial charge in [-0.15, -0.1) is 0 Å². The Morgan fingerprint density at radius 2 is 1.50 bits per heavy atom. The number of ether oxygens (including phenoxy) is 2. The van der Waals surface area contributed by atoms with Gasteiger partial charge < -0.3 is 20.1 Å². The van der Waals surface area contributed by atoms with E-state index in [9.17, 15) is 0 Å². The van der Waals surface area contributed by atoms with E-state index in [1.165, 1.54) is 0 Å². The van der Waals surface area contributed by atoms with Gasteiger partial charge in [0.15, 0.2) is 0 Å². The second kappa shape index (κ2) is 4.31. The van der Waals surface area contributed by atoms with Gasteiger partial charge in [-0.05, 0) is 18.2 Å². The van der Waals surface area contributed by atoms with Crippen molar-refractivity contribution in [2.24, 2.45) is 0 Å². The maximum Gasteiger partial charge on any atom is 0.0981 e. The molecule has 2 aliphatic rings. The first-order chi connectivity index (χ1) is 7.90. The van der Waals surface area contributed by atoms with E-state index >= 15 is 0 Å². The molecule has 0 bridgehead atoms. The number of hydrogen-bond acceptors (Lipinski definition) is 4. The van der Waals surface area contributed by atoms with Crippen LogP contribution in [0, 0.1) is 0 Å². The summed E-state index contributed by atoms with van der Waals surface area (Å²) in [5.41, 5.74) is 2.27. The molecule has 2 aliphatic heterocycles. The summed E-state index contributed by atoms with van der Waals surface area (Å²) in [5.74, 6) is 0. The molecular weight excluding hydrogens is 204 g/mol. The summed E-state index contributed by atoms with van der Waals surface area (Å²) in [6, 6.07) is 8.30. The molecular formula is C12H16N2O2. The summed E-state index contributed by atoms with van der Waals surface area (Å²) in [6.45, 7) is 3.58. The minimum atomic E-state index is 0.413. The van der Waals surface area contributed by atoms with Crippen LogP contribution < -0.4 is 10.6 Å². The molecule has 1 aromatic carbocycles. The SMILES string of the molecule is c1cc(NCC2CO2)cc(NCC2CO2)c1. The molecule has 1 aromatic rings. The Balaban J connectivity index is 1.52. The number of nitrogens with one attached hydrogen (secondary N) is 2. The Labute approximate surface area is 94.9 Å². The van der Waals surface area contributed by atoms with Crippen LogP contribution in [0.5, 0.6) is 0 Å². The van der Waals surface area contributed by atoms with Crippen molar-refractivity contribution < 1.29 is 9.47 Å². The molecule has 4 nitrogen and oxygen atoms in total. The summed E-state index contributed by atoms with van der Waals surface area (Å²) in [5, 5.41) is 6.71. The average Bonchev–Trinajstić information content (AvgIpc) is 3.17.